The maximum atomic E-state index is 12.9. The van der Waals surface area contributed by atoms with Gasteiger partial charge in [0.15, 0.2) is 6.10 Å². The highest BCUT2D eigenvalue weighted by molar-refractivity contribution is 5.71. The summed E-state index contributed by atoms with van der Waals surface area (Å²) in [5, 5.41) is 0. The first kappa shape index (κ1) is 75.1. The zero-order valence-electron chi connectivity index (χ0n) is 52.2. The van der Waals surface area contributed by atoms with E-state index in [0.717, 1.165) is 89.9 Å². The van der Waals surface area contributed by atoms with Crippen molar-refractivity contribution in [1.29, 1.82) is 0 Å². The maximum absolute atomic E-state index is 12.9. The Morgan fingerprint density at radius 3 is 0.782 bits per heavy atom. The molecule has 0 amide bonds. The molecular formula is C72H130O6. The molecule has 0 aliphatic rings. The van der Waals surface area contributed by atoms with Gasteiger partial charge in [0.2, 0.25) is 0 Å². The normalized spacial score (nSPS) is 12.4. The van der Waals surface area contributed by atoms with E-state index in [1.165, 1.54) is 231 Å². The quantitative estimate of drug-likeness (QED) is 0.0261. The summed E-state index contributed by atoms with van der Waals surface area (Å²) < 4.78 is 17.0. The molecule has 6 nitrogen and oxygen atoms in total. The van der Waals surface area contributed by atoms with E-state index in [1.807, 2.05) is 0 Å². The van der Waals surface area contributed by atoms with Gasteiger partial charge in [-0.05, 0) is 64.2 Å². The molecule has 0 saturated heterocycles. The highest BCUT2D eigenvalue weighted by Crippen LogP contribution is 2.18. The van der Waals surface area contributed by atoms with Gasteiger partial charge < -0.3 is 14.2 Å². The number of esters is 3. The fourth-order valence-corrected chi connectivity index (χ4v) is 10.2. The van der Waals surface area contributed by atoms with E-state index in [2.05, 4.69) is 81.5 Å². The predicted molar refractivity (Wildman–Crippen MR) is 339 cm³/mol. The summed E-state index contributed by atoms with van der Waals surface area (Å²) in [6, 6.07) is 0. The van der Waals surface area contributed by atoms with Crippen molar-refractivity contribution >= 4 is 17.9 Å². The SMILES string of the molecule is CC/C=C\C/C=C\C/C=C\C/C=C\C/C=C\CCCCCCCCCCCCCCCC(=O)OCC(COC(=O)CCCCCCCCCCCCC)OC(=O)CCCCCCCCCCCCCCCCCCCCCC. The number of allylic oxidation sites excluding steroid dienone is 10. The van der Waals surface area contributed by atoms with Crippen LogP contribution in [0.1, 0.15) is 361 Å². The second-order valence-electron chi connectivity index (χ2n) is 23.1. The Bertz CT molecular complexity index is 1390. The van der Waals surface area contributed by atoms with Crippen LogP contribution in [0.25, 0.3) is 0 Å². The minimum absolute atomic E-state index is 0.0679. The topological polar surface area (TPSA) is 78.9 Å². The summed E-state index contributed by atoms with van der Waals surface area (Å²) in [6.07, 6.45) is 85.3. The van der Waals surface area contributed by atoms with E-state index in [9.17, 15) is 14.4 Å². The van der Waals surface area contributed by atoms with Crippen molar-refractivity contribution in [3.8, 4) is 0 Å². The van der Waals surface area contributed by atoms with Crippen LogP contribution < -0.4 is 0 Å². The molecule has 0 saturated carbocycles. The largest absolute Gasteiger partial charge is 0.462 e. The molecule has 0 bridgehead atoms. The van der Waals surface area contributed by atoms with E-state index in [-0.39, 0.29) is 31.1 Å². The van der Waals surface area contributed by atoms with Crippen LogP contribution >= 0.6 is 0 Å². The molecule has 0 spiro atoms. The molecule has 0 aromatic rings. The molecule has 0 aliphatic carbocycles. The number of unbranched alkanes of at least 4 members (excludes halogenated alkanes) is 42. The van der Waals surface area contributed by atoms with Gasteiger partial charge in [0.25, 0.3) is 0 Å². The molecule has 0 fully saturated rings. The Morgan fingerprint density at radius 1 is 0.269 bits per heavy atom. The Morgan fingerprint density at radius 2 is 0.500 bits per heavy atom. The Hall–Kier alpha value is -2.89. The van der Waals surface area contributed by atoms with Gasteiger partial charge in [-0.1, -0.05) is 338 Å². The first-order valence-corrected chi connectivity index (χ1v) is 34.3. The van der Waals surface area contributed by atoms with Crippen molar-refractivity contribution < 1.29 is 28.6 Å². The molecule has 0 radical (unpaired) electrons. The van der Waals surface area contributed by atoms with Crippen LogP contribution in [0.4, 0.5) is 0 Å². The molecular weight excluding hydrogens is 961 g/mol. The van der Waals surface area contributed by atoms with Crippen LogP contribution in [0, 0.1) is 0 Å². The molecule has 78 heavy (non-hydrogen) atoms. The van der Waals surface area contributed by atoms with E-state index in [4.69, 9.17) is 14.2 Å². The molecule has 0 aromatic heterocycles. The first-order chi connectivity index (χ1) is 38.5. The van der Waals surface area contributed by atoms with Crippen LogP contribution in [-0.4, -0.2) is 37.2 Å². The predicted octanol–water partition coefficient (Wildman–Crippen LogP) is 23.5. The fourth-order valence-electron chi connectivity index (χ4n) is 10.2. The second-order valence-corrected chi connectivity index (χ2v) is 23.1. The van der Waals surface area contributed by atoms with Crippen LogP contribution in [0.5, 0.6) is 0 Å². The standard InChI is InChI=1S/C72H130O6/c1-4-7-10-13-16-19-22-24-26-28-30-32-33-34-35-36-37-38-39-40-42-43-45-47-50-53-56-59-62-65-71(74)77-68-69(67-76-70(73)64-61-58-55-52-49-21-18-15-12-9-6-3)78-72(75)66-63-60-57-54-51-48-46-44-41-31-29-27-25-23-20-17-14-11-8-5-2/h7,10,16,19,24,26,30,32,34-35,69H,4-6,8-9,11-15,17-18,20-23,25,27-29,31,33,36-68H2,1-3H3/b10-7-,19-16-,26-24-,32-30-,35-34-. The minimum atomic E-state index is -0.770. The van der Waals surface area contributed by atoms with Crippen molar-refractivity contribution in [2.45, 2.75) is 367 Å². The molecule has 0 aliphatic heterocycles. The zero-order valence-corrected chi connectivity index (χ0v) is 52.2. The van der Waals surface area contributed by atoms with Crippen LogP contribution in [-0.2, 0) is 28.6 Å². The number of carbonyl (C=O) groups excluding carboxylic acids is 3. The highest BCUT2D eigenvalue weighted by Gasteiger charge is 2.19. The molecule has 1 unspecified atom stereocenters. The molecule has 0 N–H and O–H groups in total. The Balaban J connectivity index is 4.18. The van der Waals surface area contributed by atoms with Gasteiger partial charge in [0.05, 0.1) is 0 Å². The van der Waals surface area contributed by atoms with Crippen molar-refractivity contribution in [2.75, 3.05) is 13.2 Å². The molecule has 0 heterocycles. The average Bonchev–Trinajstić information content (AvgIpc) is 3.44. The average molecular weight is 1090 g/mol. The summed E-state index contributed by atoms with van der Waals surface area (Å²) in [5.74, 6) is -0.845. The van der Waals surface area contributed by atoms with Crippen LogP contribution in [0.3, 0.4) is 0 Å². The number of hydrogen-bond acceptors (Lipinski definition) is 6. The molecule has 454 valence electrons. The number of ether oxygens (including phenoxy) is 3. The zero-order chi connectivity index (χ0) is 56.4. The van der Waals surface area contributed by atoms with Crippen molar-refractivity contribution in [1.82, 2.24) is 0 Å². The van der Waals surface area contributed by atoms with Gasteiger partial charge in [-0.3, -0.25) is 14.4 Å². The first-order valence-electron chi connectivity index (χ1n) is 34.3. The third-order valence-corrected chi connectivity index (χ3v) is 15.3. The molecule has 0 aromatic carbocycles. The summed E-state index contributed by atoms with van der Waals surface area (Å²) in [6.45, 7) is 6.58. The Kier molecular flexibility index (Phi) is 64.2. The summed E-state index contributed by atoms with van der Waals surface area (Å²) >= 11 is 0. The van der Waals surface area contributed by atoms with E-state index in [1.54, 1.807) is 0 Å². The highest BCUT2D eigenvalue weighted by atomic mass is 16.6. The van der Waals surface area contributed by atoms with E-state index < -0.39 is 6.10 Å². The van der Waals surface area contributed by atoms with Gasteiger partial charge in [-0.2, -0.15) is 0 Å². The third kappa shape index (κ3) is 63.9. The van der Waals surface area contributed by atoms with Crippen LogP contribution in [0.2, 0.25) is 0 Å². The van der Waals surface area contributed by atoms with Gasteiger partial charge in [0, 0.05) is 19.3 Å². The third-order valence-electron chi connectivity index (χ3n) is 15.3. The van der Waals surface area contributed by atoms with Gasteiger partial charge in [0.1, 0.15) is 13.2 Å². The van der Waals surface area contributed by atoms with Crippen molar-refractivity contribution in [2.24, 2.45) is 0 Å². The lowest BCUT2D eigenvalue weighted by Gasteiger charge is -2.18. The van der Waals surface area contributed by atoms with Gasteiger partial charge in [-0.15, -0.1) is 0 Å². The van der Waals surface area contributed by atoms with Crippen molar-refractivity contribution in [3.63, 3.8) is 0 Å². The minimum Gasteiger partial charge on any atom is -0.462 e. The second kappa shape index (κ2) is 66.6. The van der Waals surface area contributed by atoms with Crippen LogP contribution in [0.15, 0.2) is 60.8 Å². The van der Waals surface area contributed by atoms with Crippen molar-refractivity contribution in [3.05, 3.63) is 60.8 Å². The number of hydrogen-bond donors (Lipinski definition) is 0. The number of carbonyl (C=O) groups is 3. The summed E-state index contributed by atoms with van der Waals surface area (Å²) in [5.41, 5.74) is 0. The van der Waals surface area contributed by atoms with E-state index >= 15 is 0 Å². The lowest BCUT2D eigenvalue weighted by molar-refractivity contribution is -0.167. The lowest BCUT2D eigenvalue weighted by Crippen LogP contribution is -2.30. The maximum Gasteiger partial charge on any atom is 0.306 e. The molecule has 6 heteroatoms. The molecule has 0 rings (SSSR count). The Labute approximate surface area is 485 Å². The summed E-state index contributed by atoms with van der Waals surface area (Å²) in [7, 11) is 0. The van der Waals surface area contributed by atoms with Gasteiger partial charge in [-0.25, -0.2) is 0 Å². The smallest absolute Gasteiger partial charge is 0.306 e. The van der Waals surface area contributed by atoms with Gasteiger partial charge >= 0.3 is 17.9 Å². The molecule has 1 atom stereocenters. The monoisotopic (exact) mass is 1090 g/mol. The fraction of sp³-hybridized carbons (Fsp3) is 0.819. The van der Waals surface area contributed by atoms with E-state index in [0.29, 0.717) is 19.3 Å². The summed E-state index contributed by atoms with van der Waals surface area (Å²) in [4.78, 5) is 38.3. The lowest BCUT2D eigenvalue weighted by atomic mass is 10.0. The number of rotatable bonds is 63.